The van der Waals surface area contributed by atoms with Crippen LogP contribution in [0.4, 0.5) is 4.79 Å². The summed E-state index contributed by atoms with van der Waals surface area (Å²) >= 11 is 0. The summed E-state index contributed by atoms with van der Waals surface area (Å²) in [6.07, 6.45) is 11.8. The van der Waals surface area contributed by atoms with Gasteiger partial charge >= 0.3 is 6.16 Å². The van der Waals surface area contributed by atoms with Gasteiger partial charge in [0, 0.05) is 0 Å². The Kier molecular flexibility index (Phi) is 11.1. The quantitative estimate of drug-likeness (QED) is 0.190. The molecule has 0 heterocycles. The lowest BCUT2D eigenvalue weighted by atomic mass is 9.96. The van der Waals surface area contributed by atoms with Crippen molar-refractivity contribution in [2.45, 2.75) is 91.4 Å². The summed E-state index contributed by atoms with van der Waals surface area (Å²) in [5, 5.41) is 0. The molecule has 0 fully saturated rings. The third-order valence-corrected chi connectivity index (χ3v) is 5.55. The molecule has 0 bridgehead atoms. The van der Waals surface area contributed by atoms with E-state index in [0.717, 1.165) is 31.2 Å². The van der Waals surface area contributed by atoms with E-state index in [2.05, 4.69) is 19.9 Å². The molecule has 0 aliphatic heterocycles. The fraction of sp³-hybridized carbons (Fsp3) is 0.519. The molecule has 0 spiro atoms. The molecule has 3 heteroatoms. The highest BCUT2D eigenvalue weighted by atomic mass is 16.7. The molecular formula is C27H38O3. The summed E-state index contributed by atoms with van der Waals surface area (Å²) in [6, 6.07) is 13.7. The first kappa shape index (κ1) is 24.0. The molecular weight excluding hydrogens is 372 g/mol. The Morgan fingerprint density at radius 2 is 1.27 bits per heavy atom. The zero-order valence-electron chi connectivity index (χ0n) is 19.0. The lowest BCUT2D eigenvalue weighted by molar-refractivity contribution is 0.151. The minimum absolute atomic E-state index is 0.574. The van der Waals surface area contributed by atoms with Gasteiger partial charge in [0.2, 0.25) is 0 Å². The van der Waals surface area contributed by atoms with Gasteiger partial charge in [0.05, 0.1) is 0 Å². The van der Waals surface area contributed by atoms with Crippen molar-refractivity contribution < 1.29 is 14.3 Å². The molecule has 0 radical (unpaired) electrons. The lowest BCUT2D eigenvalue weighted by Gasteiger charge is -2.15. The maximum atomic E-state index is 12.5. The van der Waals surface area contributed by atoms with Gasteiger partial charge < -0.3 is 9.47 Å². The normalized spacial score (nSPS) is 10.8. The first-order valence-corrected chi connectivity index (χ1v) is 11.8. The zero-order chi connectivity index (χ0) is 21.6. The summed E-state index contributed by atoms with van der Waals surface area (Å²) in [4.78, 5) is 12.5. The van der Waals surface area contributed by atoms with E-state index in [-0.39, 0.29) is 0 Å². The smallest absolute Gasteiger partial charge is 0.394 e. The topological polar surface area (TPSA) is 35.5 Å². The van der Waals surface area contributed by atoms with Gasteiger partial charge in [0.1, 0.15) is 11.5 Å². The van der Waals surface area contributed by atoms with Crippen LogP contribution in [-0.2, 0) is 19.3 Å². The van der Waals surface area contributed by atoms with Gasteiger partial charge in [-0.25, -0.2) is 4.79 Å². The minimum Gasteiger partial charge on any atom is -0.394 e. The molecule has 0 atom stereocenters. The summed E-state index contributed by atoms with van der Waals surface area (Å²) in [5.41, 5.74) is 3.48. The van der Waals surface area contributed by atoms with Gasteiger partial charge in [-0.3, -0.25) is 0 Å². The van der Waals surface area contributed by atoms with E-state index in [9.17, 15) is 4.79 Å². The highest BCUT2D eigenvalue weighted by Crippen LogP contribution is 2.28. The van der Waals surface area contributed by atoms with Gasteiger partial charge in [-0.1, -0.05) is 89.6 Å². The van der Waals surface area contributed by atoms with E-state index < -0.39 is 6.16 Å². The molecule has 0 amide bonds. The van der Waals surface area contributed by atoms with E-state index >= 15 is 0 Å². The third kappa shape index (κ3) is 7.85. The standard InChI is InChI=1S/C27H38O3/c1-4-7-9-11-17-23-18-15-21-26(24(23)19-12-10-8-5-2)30-27(28)29-25-20-14-13-16-22(25)6-3/h13-16,18,20-21H,4-12,17,19H2,1-3H3. The van der Waals surface area contributed by atoms with Crippen LogP contribution < -0.4 is 9.47 Å². The van der Waals surface area contributed by atoms with Crippen LogP contribution in [0.15, 0.2) is 42.5 Å². The molecule has 0 saturated heterocycles. The first-order chi connectivity index (χ1) is 14.7. The van der Waals surface area contributed by atoms with E-state index in [1.165, 1.54) is 56.1 Å². The number of carbonyl (C=O) groups is 1. The molecule has 0 aliphatic carbocycles. The third-order valence-electron chi connectivity index (χ3n) is 5.55. The van der Waals surface area contributed by atoms with Gasteiger partial charge in [-0.05, 0) is 60.9 Å². The van der Waals surface area contributed by atoms with Crippen LogP contribution in [0.25, 0.3) is 0 Å². The number of hydrogen-bond donors (Lipinski definition) is 0. The molecule has 0 aliphatic rings. The largest absolute Gasteiger partial charge is 0.519 e. The highest BCUT2D eigenvalue weighted by molar-refractivity contribution is 5.68. The molecule has 0 aromatic heterocycles. The number of unbranched alkanes of at least 4 members (excludes halogenated alkanes) is 6. The summed E-state index contributed by atoms with van der Waals surface area (Å²) in [5.74, 6) is 1.23. The number of ether oxygens (including phenoxy) is 2. The molecule has 30 heavy (non-hydrogen) atoms. The Bertz CT molecular complexity index is 766. The Labute approximate surface area is 182 Å². The van der Waals surface area contributed by atoms with Crippen LogP contribution in [0.1, 0.15) is 88.8 Å². The molecule has 2 aromatic carbocycles. The van der Waals surface area contributed by atoms with E-state index in [1.54, 1.807) is 0 Å². The SMILES string of the molecule is CCCCCCc1cccc(OC(=O)Oc2ccccc2CC)c1CCCCCC. The predicted octanol–water partition coefficient (Wildman–Crippen LogP) is 8.07. The van der Waals surface area contributed by atoms with Gasteiger partial charge in [-0.2, -0.15) is 0 Å². The first-order valence-electron chi connectivity index (χ1n) is 11.8. The summed E-state index contributed by atoms with van der Waals surface area (Å²) in [6.45, 7) is 6.50. The van der Waals surface area contributed by atoms with Crippen LogP contribution in [0.3, 0.4) is 0 Å². The fourth-order valence-corrected chi connectivity index (χ4v) is 3.79. The van der Waals surface area contributed by atoms with E-state index in [4.69, 9.17) is 9.47 Å². The zero-order valence-corrected chi connectivity index (χ0v) is 19.0. The molecule has 164 valence electrons. The number of carbonyl (C=O) groups excluding carboxylic acids is 1. The van der Waals surface area contributed by atoms with Crippen molar-refractivity contribution in [1.82, 2.24) is 0 Å². The van der Waals surface area contributed by atoms with Crippen molar-refractivity contribution in [2.24, 2.45) is 0 Å². The number of rotatable bonds is 13. The van der Waals surface area contributed by atoms with Crippen molar-refractivity contribution in [3.63, 3.8) is 0 Å². The Morgan fingerprint density at radius 1 is 0.667 bits per heavy atom. The second-order valence-electron chi connectivity index (χ2n) is 7.93. The van der Waals surface area contributed by atoms with Crippen molar-refractivity contribution in [3.8, 4) is 11.5 Å². The molecule has 3 nitrogen and oxygen atoms in total. The maximum absolute atomic E-state index is 12.5. The van der Waals surface area contributed by atoms with Crippen molar-refractivity contribution >= 4 is 6.16 Å². The Balaban J connectivity index is 2.12. The highest BCUT2D eigenvalue weighted by Gasteiger charge is 2.15. The van der Waals surface area contributed by atoms with Crippen LogP contribution >= 0.6 is 0 Å². The van der Waals surface area contributed by atoms with Crippen molar-refractivity contribution in [1.29, 1.82) is 0 Å². The Morgan fingerprint density at radius 3 is 1.97 bits per heavy atom. The van der Waals surface area contributed by atoms with Crippen LogP contribution in [-0.4, -0.2) is 6.16 Å². The average molecular weight is 411 g/mol. The van der Waals surface area contributed by atoms with Gasteiger partial charge in [0.15, 0.2) is 0 Å². The number of para-hydroxylation sites is 1. The van der Waals surface area contributed by atoms with Crippen LogP contribution in [0.5, 0.6) is 11.5 Å². The Hall–Kier alpha value is -2.29. The van der Waals surface area contributed by atoms with E-state index in [1.807, 2.05) is 43.3 Å². The lowest BCUT2D eigenvalue weighted by Crippen LogP contribution is -2.16. The summed E-state index contributed by atoms with van der Waals surface area (Å²) < 4.78 is 11.2. The van der Waals surface area contributed by atoms with E-state index in [0.29, 0.717) is 11.5 Å². The monoisotopic (exact) mass is 410 g/mol. The second kappa shape index (κ2) is 13.8. The second-order valence-corrected chi connectivity index (χ2v) is 7.93. The van der Waals surface area contributed by atoms with Crippen molar-refractivity contribution in [3.05, 3.63) is 59.2 Å². The predicted molar refractivity (Wildman–Crippen MR) is 125 cm³/mol. The van der Waals surface area contributed by atoms with Crippen LogP contribution in [0.2, 0.25) is 0 Å². The molecule has 2 rings (SSSR count). The van der Waals surface area contributed by atoms with Gasteiger partial charge in [0.25, 0.3) is 0 Å². The number of aryl methyl sites for hydroxylation is 2. The fourth-order valence-electron chi connectivity index (χ4n) is 3.79. The average Bonchev–Trinajstić information content (AvgIpc) is 2.76. The van der Waals surface area contributed by atoms with Crippen LogP contribution in [0, 0.1) is 0 Å². The summed E-state index contributed by atoms with van der Waals surface area (Å²) in [7, 11) is 0. The number of hydrogen-bond acceptors (Lipinski definition) is 3. The minimum atomic E-state index is -0.658. The van der Waals surface area contributed by atoms with Gasteiger partial charge in [-0.15, -0.1) is 0 Å². The molecule has 0 unspecified atom stereocenters. The van der Waals surface area contributed by atoms with Crippen molar-refractivity contribution in [2.75, 3.05) is 0 Å². The molecule has 0 saturated carbocycles. The maximum Gasteiger partial charge on any atom is 0.519 e. The number of benzene rings is 2. The molecule has 2 aromatic rings. The molecule has 0 N–H and O–H groups in total.